The summed E-state index contributed by atoms with van der Waals surface area (Å²) in [5.41, 5.74) is 3.12. The predicted molar refractivity (Wildman–Crippen MR) is 83.5 cm³/mol. The van der Waals surface area contributed by atoms with E-state index in [2.05, 4.69) is 21.9 Å². The van der Waals surface area contributed by atoms with Crippen molar-refractivity contribution in [2.45, 2.75) is 6.92 Å². The molecule has 3 rings (SSSR count). The van der Waals surface area contributed by atoms with E-state index in [1.165, 1.54) is 12.1 Å². The van der Waals surface area contributed by atoms with Crippen molar-refractivity contribution in [3.8, 4) is 17.5 Å². The summed E-state index contributed by atoms with van der Waals surface area (Å²) in [5, 5.41) is 4.82. The number of rotatable bonds is 1. The Kier molecular flexibility index (Phi) is 3.90. The second kappa shape index (κ2) is 6.00. The molecule has 0 saturated carbocycles. The van der Waals surface area contributed by atoms with E-state index in [1.54, 1.807) is 35.1 Å². The molecule has 0 radical (unpaired) electrons. The zero-order valence-corrected chi connectivity index (χ0v) is 12.5. The fraction of sp³-hybridized carbons (Fsp3) is 0.0588. The molecule has 22 heavy (non-hydrogen) atoms. The Bertz CT molecular complexity index is 873. The first kappa shape index (κ1) is 14.3. The maximum absolute atomic E-state index is 13.0. The normalized spacial score (nSPS) is 10.1. The van der Waals surface area contributed by atoms with Crippen molar-refractivity contribution in [2.24, 2.45) is 0 Å². The largest absolute Gasteiger partial charge is 0.244 e. The predicted octanol–water partition coefficient (Wildman–Crippen LogP) is 3.77. The lowest BCUT2D eigenvalue weighted by atomic mass is 10.2. The van der Waals surface area contributed by atoms with Gasteiger partial charge in [-0.3, -0.25) is 0 Å². The Labute approximate surface area is 132 Å². The second-order valence-corrected chi connectivity index (χ2v) is 5.06. The molecule has 0 atom stereocenters. The van der Waals surface area contributed by atoms with Gasteiger partial charge in [0.25, 0.3) is 0 Å². The van der Waals surface area contributed by atoms with Gasteiger partial charge in [0.15, 0.2) is 0 Å². The maximum Gasteiger partial charge on any atom is 0.136 e. The summed E-state index contributed by atoms with van der Waals surface area (Å²) >= 11 is 5.82. The highest BCUT2D eigenvalue weighted by Crippen LogP contribution is 2.13. The van der Waals surface area contributed by atoms with E-state index in [0.717, 1.165) is 16.9 Å². The molecule has 0 aliphatic heterocycles. The molecule has 1 aromatic carbocycles. The summed E-state index contributed by atoms with van der Waals surface area (Å²) in [7, 11) is 0. The van der Waals surface area contributed by atoms with E-state index in [4.69, 9.17) is 11.6 Å². The zero-order valence-electron chi connectivity index (χ0n) is 11.7. The fourth-order valence-corrected chi connectivity index (χ4v) is 2.17. The molecule has 108 valence electrons. The van der Waals surface area contributed by atoms with Crippen LogP contribution in [0.2, 0.25) is 5.15 Å². The van der Waals surface area contributed by atoms with Crippen LogP contribution < -0.4 is 0 Å². The van der Waals surface area contributed by atoms with Crippen LogP contribution in [0.25, 0.3) is 5.69 Å². The molecule has 0 saturated heterocycles. The SMILES string of the molecule is Cc1cc(C#Cc2ccnc(Cl)c2)nn1-c1ccc(F)cc1. The number of hydrogen-bond acceptors (Lipinski definition) is 2. The average Bonchev–Trinajstić information content (AvgIpc) is 2.87. The van der Waals surface area contributed by atoms with Gasteiger partial charge in [-0.05, 0) is 55.3 Å². The zero-order chi connectivity index (χ0) is 15.5. The van der Waals surface area contributed by atoms with Gasteiger partial charge in [-0.15, -0.1) is 0 Å². The third-order valence-electron chi connectivity index (χ3n) is 3.02. The summed E-state index contributed by atoms with van der Waals surface area (Å²) in [4.78, 5) is 3.91. The number of halogens is 2. The lowest BCUT2D eigenvalue weighted by Gasteiger charge is -2.02. The molecule has 2 aromatic heterocycles. The average molecular weight is 312 g/mol. The van der Waals surface area contributed by atoms with Crippen LogP contribution in [0.1, 0.15) is 17.0 Å². The third-order valence-corrected chi connectivity index (χ3v) is 3.23. The molecule has 0 N–H and O–H groups in total. The molecule has 3 nitrogen and oxygen atoms in total. The van der Waals surface area contributed by atoms with E-state index in [0.29, 0.717) is 10.8 Å². The van der Waals surface area contributed by atoms with E-state index in [1.807, 2.05) is 13.0 Å². The molecule has 3 aromatic rings. The van der Waals surface area contributed by atoms with Gasteiger partial charge < -0.3 is 0 Å². The van der Waals surface area contributed by atoms with Gasteiger partial charge in [-0.25, -0.2) is 14.1 Å². The number of benzene rings is 1. The van der Waals surface area contributed by atoms with E-state index < -0.39 is 0 Å². The topological polar surface area (TPSA) is 30.7 Å². The Morgan fingerprint density at radius 1 is 1.09 bits per heavy atom. The first-order valence-electron chi connectivity index (χ1n) is 6.58. The minimum Gasteiger partial charge on any atom is -0.244 e. The highest BCUT2D eigenvalue weighted by Gasteiger charge is 2.04. The molecular formula is C17H11ClFN3. The molecule has 0 aliphatic carbocycles. The Morgan fingerprint density at radius 2 is 1.86 bits per heavy atom. The van der Waals surface area contributed by atoms with Crippen molar-refractivity contribution in [3.05, 3.63) is 76.6 Å². The van der Waals surface area contributed by atoms with Gasteiger partial charge in [-0.2, -0.15) is 5.10 Å². The minimum atomic E-state index is -0.275. The van der Waals surface area contributed by atoms with Gasteiger partial charge in [0.05, 0.1) is 5.69 Å². The van der Waals surface area contributed by atoms with Crippen LogP contribution in [0.3, 0.4) is 0 Å². The molecule has 0 unspecified atom stereocenters. The molecule has 5 heteroatoms. The number of aromatic nitrogens is 3. The molecule has 0 aliphatic rings. The van der Waals surface area contributed by atoms with Gasteiger partial charge in [0, 0.05) is 17.5 Å². The van der Waals surface area contributed by atoms with Crippen LogP contribution in [0, 0.1) is 24.6 Å². The summed E-state index contributed by atoms with van der Waals surface area (Å²) in [5.74, 6) is 5.71. The van der Waals surface area contributed by atoms with Crippen LogP contribution >= 0.6 is 11.6 Å². The number of nitrogens with zero attached hydrogens (tertiary/aromatic N) is 3. The quantitative estimate of drug-likeness (QED) is 0.506. The lowest BCUT2D eigenvalue weighted by Crippen LogP contribution is -1.98. The summed E-state index contributed by atoms with van der Waals surface area (Å²) in [6.45, 7) is 1.92. The maximum atomic E-state index is 13.0. The first-order chi connectivity index (χ1) is 10.6. The van der Waals surface area contributed by atoms with Crippen LogP contribution in [0.4, 0.5) is 4.39 Å². The van der Waals surface area contributed by atoms with Gasteiger partial charge in [0.1, 0.15) is 16.7 Å². The van der Waals surface area contributed by atoms with E-state index in [9.17, 15) is 4.39 Å². The van der Waals surface area contributed by atoms with Gasteiger partial charge >= 0.3 is 0 Å². The third kappa shape index (κ3) is 3.16. The molecule has 0 fully saturated rings. The van der Waals surface area contributed by atoms with Crippen molar-refractivity contribution >= 4 is 11.6 Å². The molecule has 0 amide bonds. The van der Waals surface area contributed by atoms with Crippen LogP contribution in [0.5, 0.6) is 0 Å². The molecule has 0 spiro atoms. The molecule has 0 bridgehead atoms. The fourth-order valence-electron chi connectivity index (χ4n) is 2.00. The second-order valence-electron chi connectivity index (χ2n) is 4.68. The van der Waals surface area contributed by atoms with Crippen molar-refractivity contribution in [3.63, 3.8) is 0 Å². The number of hydrogen-bond donors (Lipinski definition) is 0. The summed E-state index contributed by atoms with van der Waals surface area (Å²) in [6.07, 6.45) is 1.61. The highest BCUT2D eigenvalue weighted by molar-refractivity contribution is 6.29. The van der Waals surface area contributed by atoms with E-state index in [-0.39, 0.29) is 5.82 Å². The number of pyridine rings is 1. The number of aryl methyl sites for hydroxylation is 1. The van der Waals surface area contributed by atoms with Crippen molar-refractivity contribution in [1.29, 1.82) is 0 Å². The standard InChI is InChI=1S/C17H11ClFN3/c1-12-10-15(5-2-13-8-9-20-17(18)11-13)21-22(12)16-6-3-14(19)4-7-16/h3-4,6-11H,1H3. The van der Waals surface area contributed by atoms with Crippen molar-refractivity contribution in [1.82, 2.24) is 14.8 Å². The molecular weight excluding hydrogens is 301 g/mol. The Hall–Kier alpha value is -2.64. The summed E-state index contributed by atoms with van der Waals surface area (Å²) < 4.78 is 14.7. The van der Waals surface area contributed by atoms with Gasteiger partial charge in [0.2, 0.25) is 0 Å². The Morgan fingerprint density at radius 3 is 2.59 bits per heavy atom. The molecule has 2 heterocycles. The van der Waals surface area contributed by atoms with Crippen LogP contribution in [-0.2, 0) is 0 Å². The van der Waals surface area contributed by atoms with E-state index >= 15 is 0 Å². The first-order valence-corrected chi connectivity index (χ1v) is 6.96. The monoisotopic (exact) mass is 311 g/mol. The van der Waals surface area contributed by atoms with Crippen molar-refractivity contribution in [2.75, 3.05) is 0 Å². The summed E-state index contributed by atoms with van der Waals surface area (Å²) in [6, 6.07) is 11.5. The van der Waals surface area contributed by atoms with Crippen LogP contribution in [-0.4, -0.2) is 14.8 Å². The van der Waals surface area contributed by atoms with Crippen LogP contribution in [0.15, 0.2) is 48.7 Å². The smallest absolute Gasteiger partial charge is 0.136 e. The van der Waals surface area contributed by atoms with Crippen molar-refractivity contribution < 1.29 is 4.39 Å². The lowest BCUT2D eigenvalue weighted by molar-refractivity contribution is 0.627. The Balaban J connectivity index is 1.91. The van der Waals surface area contributed by atoms with Gasteiger partial charge in [-0.1, -0.05) is 17.5 Å². The minimum absolute atomic E-state index is 0.275. The highest BCUT2D eigenvalue weighted by atomic mass is 35.5.